The molecule has 7 heteroatoms. The molecular formula is C22H20ClN3O3. The fourth-order valence-corrected chi connectivity index (χ4v) is 3.68. The van der Waals surface area contributed by atoms with Crippen LogP contribution in [0.3, 0.4) is 0 Å². The lowest BCUT2D eigenvalue weighted by Gasteiger charge is -2.27. The van der Waals surface area contributed by atoms with Gasteiger partial charge in [-0.2, -0.15) is 5.10 Å². The van der Waals surface area contributed by atoms with Crippen LogP contribution in [0.15, 0.2) is 66.1 Å². The number of hydrogen-bond donors (Lipinski definition) is 1. The molecule has 0 saturated carbocycles. The molecule has 0 spiro atoms. The summed E-state index contributed by atoms with van der Waals surface area (Å²) in [6.07, 6.45) is 0. The van der Waals surface area contributed by atoms with Crippen LogP contribution in [0.4, 0.5) is 0 Å². The summed E-state index contributed by atoms with van der Waals surface area (Å²) >= 11 is 6.07. The number of aromatic nitrogens is 2. The number of halogens is 1. The third-order valence-corrected chi connectivity index (χ3v) is 5.06. The van der Waals surface area contributed by atoms with Crippen molar-refractivity contribution in [1.82, 2.24) is 9.78 Å². The van der Waals surface area contributed by atoms with E-state index in [-0.39, 0.29) is 18.1 Å². The van der Waals surface area contributed by atoms with E-state index in [9.17, 15) is 4.79 Å². The summed E-state index contributed by atoms with van der Waals surface area (Å²) in [4.78, 5) is 12.8. The zero-order valence-corrected chi connectivity index (χ0v) is 16.8. The van der Waals surface area contributed by atoms with E-state index >= 15 is 0 Å². The van der Waals surface area contributed by atoms with Crippen molar-refractivity contribution in [2.45, 2.75) is 19.8 Å². The molecule has 3 aromatic rings. The van der Waals surface area contributed by atoms with E-state index in [0.29, 0.717) is 10.9 Å². The highest BCUT2D eigenvalue weighted by Crippen LogP contribution is 2.45. The molecule has 2 aromatic carbocycles. The Balaban J connectivity index is 1.94. The number of nitrogens with zero attached hydrogens (tertiary/aromatic N) is 2. The lowest BCUT2D eigenvalue weighted by atomic mass is 9.83. The Morgan fingerprint density at radius 1 is 1.21 bits per heavy atom. The van der Waals surface area contributed by atoms with Gasteiger partial charge in [-0.05, 0) is 43.7 Å². The van der Waals surface area contributed by atoms with Crippen molar-refractivity contribution in [2.24, 2.45) is 5.73 Å². The average molecular weight is 410 g/mol. The Morgan fingerprint density at radius 2 is 1.90 bits per heavy atom. The molecule has 0 aliphatic carbocycles. The van der Waals surface area contributed by atoms with E-state index in [1.54, 1.807) is 23.7 Å². The van der Waals surface area contributed by atoms with Crippen molar-refractivity contribution in [3.63, 3.8) is 0 Å². The van der Waals surface area contributed by atoms with Crippen molar-refractivity contribution in [2.75, 3.05) is 6.61 Å². The fraction of sp³-hybridized carbons (Fsp3) is 0.182. The molecule has 0 bridgehead atoms. The van der Waals surface area contributed by atoms with Gasteiger partial charge < -0.3 is 15.2 Å². The highest BCUT2D eigenvalue weighted by atomic mass is 35.5. The van der Waals surface area contributed by atoms with E-state index in [0.717, 1.165) is 22.5 Å². The first-order valence-electron chi connectivity index (χ1n) is 9.26. The minimum absolute atomic E-state index is 0.00739. The standard InChI is InChI=1S/C22H20ClN3O3/c1-3-28-22(27)19-18(14-9-11-15(23)12-10-14)17-13(2)25-26(21(17)29-20(19)24)16-7-5-4-6-8-16/h4-12,18H,3,24H2,1-2H3. The van der Waals surface area contributed by atoms with Crippen LogP contribution < -0.4 is 10.5 Å². The van der Waals surface area contributed by atoms with Crippen LogP contribution in [0.2, 0.25) is 5.02 Å². The maximum Gasteiger partial charge on any atom is 0.340 e. The molecule has 1 aromatic heterocycles. The van der Waals surface area contributed by atoms with E-state index in [1.165, 1.54) is 0 Å². The first-order chi connectivity index (χ1) is 14.0. The summed E-state index contributed by atoms with van der Waals surface area (Å²) in [6, 6.07) is 16.9. The molecule has 29 heavy (non-hydrogen) atoms. The molecule has 0 saturated heterocycles. The number of hydrogen-bond acceptors (Lipinski definition) is 5. The third-order valence-electron chi connectivity index (χ3n) is 4.81. The highest BCUT2D eigenvalue weighted by molar-refractivity contribution is 6.30. The maximum atomic E-state index is 12.8. The molecule has 2 heterocycles. The zero-order valence-electron chi connectivity index (χ0n) is 16.1. The molecule has 0 fully saturated rings. The molecule has 1 aliphatic rings. The molecule has 0 amide bonds. The SMILES string of the molecule is CCOC(=O)C1=C(N)Oc2c(c(C)nn2-c2ccccc2)C1c1ccc(Cl)cc1. The Kier molecular flexibility index (Phi) is 5.03. The van der Waals surface area contributed by atoms with Gasteiger partial charge in [-0.1, -0.05) is 41.9 Å². The number of carbonyl (C=O) groups is 1. The predicted octanol–water partition coefficient (Wildman–Crippen LogP) is 4.09. The number of benzene rings is 2. The molecule has 148 valence electrons. The number of carbonyl (C=O) groups excluding carboxylic acids is 1. The van der Waals surface area contributed by atoms with Gasteiger partial charge in [-0.25, -0.2) is 9.48 Å². The van der Waals surface area contributed by atoms with Gasteiger partial charge in [0.1, 0.15) is 5.57 Å². The number of para-hydroxylation sites is 1. The predicted molar refractivity (Wildman–Crippen MR) is 110 cm³/mol. The molecule has 4 rings (SSSR count). The summed E-state index contributed by atoms with van der Waals surface area (Å²) in [6.45, 7) is 3.87. The highest BCUT2D eigenvalue weighted by Gasteiger charge is 2.39. The Bertz CT molecular complexity index is 1090. The largest absolute Gasteiger partial charge is 0.462 e. The van der Waals surface area contributed by atoms with Gasteiger partial charge >= 0.3 is 5.97 Å². The molecule has 0 radical (unpaired) electrons. The number of nitrogens with two attached hydrogens (primary N) is 1. The average Bonchev–Trinajstić information content (AvgIpc) is 3.04. The molecule has 1 unspecified atom stereocenters. The van der Waals surface area contributed by atoms with Gasteiger partial charge in [-0.15, -0.1) is 0 Å². The van der Waals surface area contributed by atoms with Crippen molar-refractivity contribution in [3.05, 3.63) is 87.9 Å². The molecule has 6 nitrogen and oxygen atoms in total. The maximum absolute atomic E-state index is 12.8. The number of fused-ring (bicyclic) bond motifs is 1. The summed E-state index contributed by atoms with van der Waals surface area (Å²) in [5, 5.41) is 5.27. The fourth-order valence-electron chi connectivity index (χ4n) is 3.55. The molecule has 2 N–H and O–H groups in total. The topological polar surface area (TPSA) is 79.4 Å². The van der Waals surface area contributed by atoms with Crippen molar-refractivity contribution >= 4 is 17.6 Å². The van der Waals surface area contributed by atoms with Crippen LogP contribution in [0.25, 0.3) is 5.69 Å². The van der Waals surface area contributed by atoms with Crippen LogP contribution in [-0.2, 0) is 9.53 Å². The minimum atomic E-state index is -0.512. The summed E-state index contributed by atoms with van der Waals surface area (Å²) in [7, 11) is 0. The second-order valence-corrected chi connectivity index (χ2v) is 7.07. The van der Waals surface area contributed by atoms with Gasteiger partial charge in [0, 0.05) is 5.02 Å². The van der Waals surface area contributed by atoms with Gasteiger partial charge in [0.15, 0.2) is 0 Å². The van der Waals surface area contributed by atoms with Crippen LogP contribution in [0, 0.1) is 6.92 Å². The van der Waals surface area contributed by atoms with Crippen LogP contribution in [-0.4, -0.2) is 22.4 Å². The van der Waals surface area contributed by atoms with Crippen molar-refractivity contribution < 1.29 is 14.3 Å². The van der Waals surface area contributed by atoms with Gasteiger partial charge in [0.25, 0.3) is 0 Å². The number of ether oxygens (including phenoxy) is 2. The molecular weight excluding hydrogens is 390 g/mol. The normalized spacial score (nSPS) is 15.6. The smallest absolute Gasteiger partial charge is 0.340 e. The van der Waals surface area contributed by atoms with E-state index in [4.69, 9.17) is 26.8 Å². The van der Waals surface area contributed by atoms with E-state index < -0.39 is 11.9 Å². The summed E-state index contributed by atoms with van der Waals surface area (Å²) < 4.78 is 12.9. The molecule has 1 aliphatic heterocycles. The lowest BCUT2D eigenvalue weighted by molar-refractivity contribution is -0.139. The summed E-state index contributed by atoms with van der Waals surface area (Å²) in [5.74, 6) is -0.498. The number of esters is 1. The molecule has 1 atom stereocenters. The first-order valence-corrected chi connectivity index (χ1v) is 9.64. The van der Waals surface area contributed by atoms with E-state index in [1.807, 2.05) is 49.4 Å². The number of rotatable bonds is 4. The Morgan fingerprint density at radius 3 is 2.55 bits per heavy atom. The van der Waals surface area contributed by atoms with Gasteiger partial charge in [0.2, 0.25) is 11.8 Å². The third kappa shape index (κ3) is 3.36. The Labute approximate surface area is 173 Å². The second kappa shape index (κ2) is 7.64. The van der Waals surface area contributed by atoms with Crippen LogP contribution in [0.5, 0.6) is 5.88 Å². The lowest BCUT2D eigenvalue weighted by Crippen LogP contribution is -2.28. The van der Waals surface area contributed by atoms with E-state index in [2.05, 4.69) is 5.10 Å². The second-order valence-electron chi connectivity index (χ2n) is 6.64. The van der Waals surface area contributed by atoms with Gasteiger partial charge in [0.05, 0.1) is 29.5 Å². The summed E-state index contributed by atoms with van der Waals surface area (Å²) in [5.41, 5.74) is 9.68. The zero-order chi connectivity index (χ0) is 20.5. The van der Waals surface area contributed by atoms with Crippen LogP contribution in [0.1, 0.15) is 29.7 Å². The minimum Gasteiger partial charge on any atom is -0.462 e. The Hall–Kier alpha value is -3.25. The monoisotopic (exact) mass is 409 g/mol. The van der Waals surface area contributed by atoms with Crippen molar-refractivity contribution in [3.8, 4) is 11.6 Å². The van der Waals surface area contributed by atoms with Crippen molar-refractivity contribution in [1.29, 1.82) is 0 Å². The quantitative estimate of drug-likeness (QED) is 0.656. The number of aryl methyl sites for hydroxylation is 1. The first kappa shape index (κ1) is 19.1. The van der Waals surface area contributed by atoms with Crippen LogP contribution >= 0.6 is 11.6 Å². The van der Waals surface area contributed by atoms with Gasteiger partial charge in [-0.3, -0.25) is 0 Å².